The van der Waals surface area contributed by atoms with E-state index in [0.29, 0.717) is 4.47 Å². The number of hydrogen-bond donors (Lipinski definition) is 2. The number of carboxylic acids is 1. The minimum Gasteiger partial charge on any atom is -0.507 e. The molecule has 14 heavy (non-hydrogen) atoms. The molecule has 0 saturated heterocycles. The van der Waals surface area contributed by atoms with E-state index in [-0.39, 0.29) is 18.1 Å². The zero-order valence-corrected chi connectivity index (χ0v) is 9.28. The first-order valence-electron chi connectivity index (χ1n) is 4.21. The second-order valence-electron chi connectivity index (χ2n) is 3.18. The highest BCUT2D eigenvalue weighted by atomic mass is 79.9. The Bertz CT molecular complexity index is 349. The van der Waals surface area contributed by atoms with Gasteiger partial charge in [-0.25, -0.2) is 0 Å². The van der Waals surface area contributed by atoms with Crippen molar-refractivity contribution in [1.82, 2.24) is 0 Å². The van der Waals surface area contributed by atoms with Gasteiger partial charge in [0.15, 0.2) is 0 Å². The lowest BCUT2D eigenvalue weighted by atomic mass is 9.98. The summed E-state index contributed by atoms with van der Waals surface area (Å²) in [5.74, 6) is -0.818. The molecular weight excluding hydrogens is 248 g/mol. The van der Waals surface area contributed by atoms with Crippen LogP contribution in [0.2, 0.25) is 0 Å². The lowest BCUT2D eigenvalue weighted by Gasteiger charge is -2.11. The number of aromatic hydroxyl groups is 1. The molecule has 2 N–H and O–H groups in total. The van der Waals surface area contributed by atoms with Gasteiger partial charge in [0, 0.05) is 0 Å². The Morgan fingerprint density at radius 2 is 2.21 bits per heavy atom. The summed E-state index contributed by atoms with van der Waals surface area (Å²) in [5, 5.41) is 18.0. The molecule has 0 spiro atoms. The predicted molar refractivity (Wildman–Crippen MR) is 56.5 cm³/mol. The molecular formula is C10H11BrO3. The lowest BCUT2D eigenvalue weighted by molar-refractivity contribution is -0.137. The molecule has 0 radical (unpaired) electrons. The van der Waals surface area contributed by atoms with Crippen molar-refractivity contribution in [2.75, 3.05) is 0 Å². The Morgan fingerprint density at radius 1 is 1.57 bits per heavy atom. The van der Waals surface area contributed by atoms with Crippen LogP contribution in [0, 0.1) is 0 Å². The van der Waals surface area contributed by atoms with Gasteiger partial charge in [-0.05, 0) is 33.5 Å². The molecule has 3 nitrogen and oxygen atoms in total. The maximum atomic E-state index is 10.5. The van der Waals surface area contributed by atoms with Gasteiger partial charge in [0.05, 0.1) is 10.9 Å². The molecule has 0 aliphatic rings. The number of halogens is 1. The highest BCUT2D eigenvalue weighted by Crippen LogP contribution is 2.33. The van der Waals surface area contributed by atoms with Crippen LogP contribution in [-0.4, -0.2) is 16.2 Å². The van der Waals surface area contributed by atoms with Crippen molar-refractivity contribution in [3.8, 4) is 5.75 Å². The summed E-state index contributed by atoms with van der Waals surface area (Å²) >= 11 is 3.23. The van der Waals surface area contributed by atoms with Crippen molar-refractivity contribution in [2.24, 2.45) is 0 Å². The first kappa shape index (κ1) is 11.0. The van der Waals surface area contributed by atoms with Gasteiger partial charge in [-0.3, -0.25) is 4.79 Å². The van der Waals surface area contributed by atoms with E-state index in [1.165, 1.54) is 0 Å². The standard InChI is InChI=1S/C10H11BrO3/c1-6(5-9(13)14)7-3-2-4-8(12)10(7)11/h2-4,6,12H,5H2,1H3,(H,13,14). The highest BCUT2D eigenvalue weighted by Gasteiger charge is 2.14. The number of carbonyl (C=O) groups is 1. The van der Waals surface area contributed by atoms with Gasteiger partial charge in [-0.2, -0.15) is 0 Å². The maximum absolute atomic E-state index is 10.5. The average molecular weight is 259 g/mol. The van der Waals surface area contributed by atoms with Crippen LogP contribution < -0.4 is 0 Å². The van der Waals surface area contributed by atoms with Crippen LogP contribution in [0.25, 0.3) is 0 Å². The Hall–Kier alpha value is -1.03. The van der Waals surface area contributed by atoms with Crippen LogP contribution in [0.4, 0.5) is 0 Å². The second-order valence-corrected chi connectivity index (χ2v) is 3.97. The molecule has 1 atom stereocenters. The Labute approximate surface area is 90.5 Å². The number of rotatable bonds is 3. The van der Waals surface area contributed by atoms with Gasteiger partial charge in [-0.15, -0.1) is 0 Å². The van der Waals surface area contributed by atoms with Crippen molar-refractivity contribution < 1.29 is 15.0 Å². The van der Waals surface area contributed by atoms with Gasteiger partial charge in [0.25, 0.3) is 0 Å². The fraction of sp³-hybridized carbons (Fsp3) is 0.300. The van der Waals surface area contributed by atoms with E-state index in [1.54, 1.807) is 18.2 Å². The number of hydrogen-bond acceptors (Lipinski definition) is 2. The molecule has 4 heteroatoms. The Balaban J connectivity index is 2.95. The molecule has 1 aromatic carbocycles. The van der Waals surface area contributed by atoms with Crippen molar-refractivity contribution in [2.45, 2.75) is 19.3 Å². The molecule has 76 valence electrons. The van der Waals surface area contributed by atoms with Crippen LogP contribution in [0.1, 0.15) is 24.8 Å². The fourth-order valence-corrected chi connectivity index (χ4v) is 1.94. The summed E-state index contributed by atoms with van der Waals surface area (Å²) in [6.07, 6.45) is 0.0576. The van der Waals surface area contributed by atoms with Gasteiger partial charge in [-0.1, -0.05) is 19.1 Å². The molecule has 0 heterocycles. The third-order valence-corrected chi connectivity index (χ3v) is 2.88. The summed E-state index contributed by atoms with van der Waals surface area (Å²) in [6.45, 7) is 1.81. The van der Waals surface area contributed by atoms with Gasteiger partial charge in [0.1, 0.15) is 5.75 Å². The normalized spacial score (nSPS) is 12.4. The predicted octanol–water partition coefficient (Wildman–Crippen LogP) is 2.73. The first-order valence-corrected chi connectivity index (χ1v) is 5.01. The molecule has 0 fully saturated rings. The molecule has 0 aromatic heterocycles. The number of phenolic OH excluding ortho intramolecular Hbond substituents is 1. The topological polar surface area (TPSA) is 57.5 Å². The summed E-state index contributed by atoms with van der Waals surface area (Å²) in [7, 11) is 0. The zero-order valence-electron chi connectivity index (χ0n) is 7.70. The van der Waals surface area contributed by atoms with Crippen molar-refractivity contribution in [3.05, 3.63) is 28.2 Å². The van der Waals surface area contributed by atoms with Gasteiger partial charge >= 0.3 is 5.97 Å². The fourth-order valence-electron chi connectivity index (χ4n) is 1.29. The number of phenols is 1. The SMILES string of the molecule is CC(CC(=O)O)c1cccc(O)c1Br. The minimum atomic E-state index is -0.840. The molecule has 1 rings (SSSR count). The zero-order chi connectivity index (χ0) is 10.7. The van der Waals surface area contributed by atoms with E-state index in [9.17, 15) is 9.90 Å². The van der Waals surface area contributed by atoms with E-state index >= 15 is 0 Å². The van der Waals surface area contributed by atoms with Crippen molar-refractivity contribution in [1.29, 1.82) is 0 Å². The first-order chi connectivity index (χ1) is 6.52. The van der Waals surface area contributed by atoms with Gasteiger partial charge in [0.2, 0.25) is 0 Å². The molecule has 0 aliphatic heterocycles. The average Bonchev–Trinajstić information content (AvgIpc) is 2.08. The summed E-state index contributed by atoms with van der Waals surface area (Å²) in [6, 6.07) is 5.06. The Kier molecular flexibility index (Phi) is 3.52. The maximum Gasteiger partial charge on any atom is 0.303 e. The van der Waals surface area contributed by atoms with Crippen LogP contribution in [-0.2, 0) is 4.79 Å². The largest absolute Gasteiger partial charge is 0.507 e. The van der Waals surface area contributed by atoms with Crippen LogP contribution in [0.3, 0.4) is 0 Å². The molecule has 0 bridgehead atoms. The smallest absolute Gasteiger partial charge is 0.303 e. The lowest BCUT2D eigenvalue weighted by Crippen LogP contribution is -2.03. The van der Waals surface area contributed by atoms with E-state index in [0.717, 1.165) is 5.56 Å². The van der Waals surface area contributed by atoms with Crippen LogP contribution >= 0.6 is 15.9 Å². The van der Waals surface area contributed by atoms with E-state index in [1.807, 2.05) is 6.92 Å². The van der Waals surface area contributed by atoms with Crippen LogP contribution in [0.5, 0.6) is 5.75 Å². The second kappa shape index (κ2) is 4.46. The summed E-state index contributed by atoms with van der Waals surface area (Å²) in [4.78, 5) is 10.5. The summed E-state index contributed by atoms with van der Waals surface area (Å²) in [5.41, 5.74) is 0.812. The third-order valence-electron chi connectivity index (χ3n) is 2.02. The van der Waals surface area contributed by atoms with Gasteiger partial charge < -0.3 is 10.2 Å². The molecule has 0 aliphatic carbocycles. The monoisotopic (exact) mass is 258 g/mol. The molecule has 0 amide bonds. The van der Waals surface area contributed by atoms with E-state index in [4.69, 9.17) is 5.11 Å². The number of benzene rings is 1. The summed E-state index contributed by atoms with van der Waals surface area (Å²) < 4.78 is 0.578. The third kappa shape index (κ3) is 2.48. The minimum absolute atomic E-state index is 0.0576. The number of aliphatic carboxylic acids is 1. The number of carboxylic acid groups (broad SMARTS) is 1. The molecule has 1 aromatic rings. The van der Waals surface area contributed by atoms with Crippen molar-refractivity contribution >= 4 is 21.9 Å². The molecule has 0 saturated carbocycles. The Morgan fingerprint density at radius 3 is 2.79 bits per heavy atom. The van der Waals surface area contributed by atoms with Crippen molar-refractivity contribution in [3.63, 3.8) is 0 Å². The quantitative estimate of drug-likeness (QED) is 0.877. The molecule has 1 unspecified atom stereocenters. The van der Waals surface area contributed by atoms with E-state index < -0.39 is 5.97 Å². The van der Waals surface area contributed by atoms with Crippen LogP contribution in [0.15, 0.2) is 22.7 Å². The highest BCUT2D eigenvalue weighted by molar-refractivity contribution is 9.10. The van der Waals surface area contributed by atoms with E-state index in [2.05, 4.69) is 15.9 Å².